The van der Waals surface area contributed by atoms with Crippen molar-refractivity contribution < 1.29 is 20.1 Å². The maximum Gasteiger partial charge on any atom is 0.0167 e. The van der Waals surface area contributed by atoms with Crippen LogP contribution in [0.4, 0.5) is 0 Å². The number of benzene rings is 7. The molecule has 9 aromatic rings. The molecule has 1 aliphatic rings. The molecule has 2 nitrogen and oxygen atoms in total. The van der Waals surface area contributed by atoms with Gasteiger partial charge in [0.2, 0.25) is 0 Å². The summed E-state index contributed by atoms with van der Waals surface area (Å²) in [7, 11) is 0. The second kappa shape index (κ2) is 15.4. The van der Waals surface area contributed by atoms with Crippen LogP contribution >= 0.6 is 0 Å². The Morgan fingerprint density at radius 2 is 1.21 bits per heavy atom. The van der Waals surface area contributed by atoms with Gasteiger partial charge in [0.25, 0.3) is 0 Å². The molecule has 289 valence electrons. The molecule has 2 aromatic heterocycles. The predicted molar refractivity (Wildman–Crippen MR) is 242 cm³/mol. The quantitative estimate of drug-likeness (QED) is 0.130. The predicted octanol–water partition coefficient (Wildman–Crippen LogP) is 14.5. The molecule has 0 amide bonds. The fourth-order valence-electron chi connectivity index (χ4n) is 8.84. The summed E-state index contributed by atoms with van der Waals surface area (Å²) in [6, 6.07) is 55.1. The SMILES string of the molecule is CC(C)(C)c1cc[c-]c(-c2nccc3ccccc23)c1.CC(C)Cc1ccc2ccc3c4ccnc(-c5[c-]cc6c(c5)C(C)(C)c5ccccc5-6)c4ccc3c2c1.[Ir]. The van der Waals surface area contributed by atoms with E-state index in [2.05, 4.69) is 187 Å². The summed E-state index contributed by atoms with van der Waals surface area (Å²) in [6.07, 6.45) is 4.93. The van der Waals surface area contributed by atoms with Gasteiger partial charge in [-0.15, -0.1) is 64.7 Å². The Balaban J connectivity index is 0.000000190. The van der Waals surface area contributed by atoms with Crippen LogP contribution in [0, 0.1) is 18.1 Å². The van der Waals surface area contributed by atoms with E-state index < -0.39 is 0 Å². The zero-order chi connectivity index (χ0) is 39.5. The monoisotopic (exact) mass is 929 g/mol. The van der Waals surface area contributed by atoms with Crippen molar-refractivity contribution in [2.75, 3.05) is 0 Å². The normalized spacial score (nSPS) is 13.0. The first kappa shape index (κ1) is 39.4. The number of nitrogens with zero attached hydrogens (tertiary/aromatic N) is 2. The molecular formula is C55H48IrN2-2. The van der Waals surface area contributed by atoms with Crippen LogP contribution < -0.4 is 0 Å². The van der Waals surface area contributed by atoms with Crippen LogP contribution in [0.3, 0.4) is 0 Å². The number of rotatable bonds is 4. The van der Waals surface area contributed by atoms with Gasteiger partial charge < -0.3 is 9.97 Å². The van der Waals surface area contributed by atoms with Crippen molar-refractivity contribution in [3.05, 3.63) is 180 Å². The number of hydrogen-bond donors (Lipinski definition) is 0. The van der Waals surface area contributed by atoms with Crippen LogP contribution in [-0.2, 0) is 37.4 Å². The van der Waals surface area contributed by atoms with Crippen LogP contribution in [-0.4, -0.2) is 9.97 Å². The Hall–Kier alpha value is -5.47. The maximum absolute atomic E-state index is 4.88. The number of fused-ring (bicyclic) bond motifs is 9. The van der Waals surface area contributed by atoms with Gasteiger partial charge in [-0.3, -0.25) is 0 Å². The Morgan fingerprint density at radius 3 is 2.02 bits per heavy atom. The zero-order valence-electron chi connectivity index (χ0n) is 34.4. The first-order chi connectivity index (χ1) is 27.5. The molecule has 1 radical (unpaired) electrons. The van der Waals surface area contributed by atoms with Crippen LogP contribution in [0.5, 0.6) is 0 Å². The number of pyridine rings is 2. The van der Waals surface area contributed by atoms with Crippen LogP contribution in [0.25, 0.3) is 76.7 Å². The molecule has 1 aliphatic carbocycles. The van der Waals surface area contributed by atoms with Gasteiger partial charge in [0.1, 0.15) is 0 Å². The van der Waals surface area contributed by atoms with Crippen LogP contribution in [0.15, 0.2) is 146 Å². The standard InChI is InChI=1S/C36H30N.C19H18N.Ir/c1-22(2)19-23-9-10-24-11-13-26-27(32(24)20-23)15-16-31-28(26)17-18-37-35(31)25-12-14-30-29-7-5-6-8-33(29)36(3,4)34(30)21-25;1-19(2,3)16-9-6-8-15(13-16)18-17-10-5-4-7-14(17)11-12-20-18;/h5-11,13-18,20-22H,19H2,1-4H3;4-7,9-13H,1-3H3;/q2*-1;. The Morgan fingerprint density at radius 1 is 0.569 bits per heavy atom. The molecule has 10 rings (SSSR count). The fourth-order valence-corrected chi connectivity index (χ4v) is 8.84. The summed E-state index contributed by atoms with van der Waals surface area (Å²) in [5, 5.41) is 10.0. The molecule has 0 N–H and O–H groups in total. The average Bonchev–Trinajstić information content (AvgIpc) is 3.45. The van der Waals surface area contributed by atoms with E-state index >= 15 is 0 Å². The Labute approximate surface area is 356 Å². The molecule has 58 heavy (non-hydrogen) atoms. The molecule has 0 atom stereocenters. The molecule has 0 spiro atoms. The molecule has 0 saturated heterocycles. The van der Waals surface area contributed by atoms with E-state index in [0.29, 0.717) is 5.92 Å². The van der Waals surface area contributed by atoms with Crippen molar-refractivity contribution in [2.45, 2.75) is 65.7 Å². The van der Waals surface area contributed by atoms with E-state index in [4.69, 9.17) is 4.98 Å². The fraction of sp³-hybridized carbons (Fsp3) is 0.200. The smallest absolute Gasteiger partial charge is 0.0167 e. The second-order valence-corrected chi connectivity index (χ2v) is 17.6. The van der Waals surface area contributed by atoms with Gasteiger partial charge in [0.15, 0.2) is 0 Å². The average molecular weight is 929 g/mol. The zero-order valence-corrected chi connectivity index (χ0v) is 36.8. The van der Waals surface area contributed by atoms with Gasteiger partial charge in [-0.1, -0.05) is 151 Å². The molecule has 0 aliphatic heterocycles. The first-order valence-corrected chi connectivity index (χ1v) is 20.2. The Bertz CT molecular complexity index is 2980. The van der Waals surface area contributed by atoms with E-state index in [0.717, 1.165) is 28.9 Å². The van der Waals surface area contributed by atoms with E-state index in [9.17, 15) is 0 Å². The third kappa shape index (κ3) is 7.06. The minimum Gasteiger partial charge on any atom is -0.304 e. The summed E-state index contributed by atoms with van der Waals surface area (Å²) >= 11 is 0. The molecular weight excluding hydrogens is 881 g/mol. The van der Waals surface area contributed by atoms with Crippen molar-refractivity contribution in [2.24, 2.45) is 5.92 Å². The van der Waals surface area contributed by atoms with E-state index in [1.54, 1.807) is 0 Å². The molecule has 0 saturated carbocycles. The van der Waals surface area contributed by atoms with Crippen molar-refractivity contribution in [1.29, 1.82) is 0 Å². The van der Waals surface area contributed by atoms with E-state index in [1.807, 2.05) is 24.5 Å². The van der Waals surface area contributed by atoms with Crippen molar-refractivity contribution in [1.82, 2.24) is 9.97 Å². The molecule has 0 fully saturated rings. The minimum atomic E-state index is -0.0420. The third-order valence-electron chi connectivity index (χ3n) is 11.8. The minimum absolute atomic E-state index is 0. The van der Waals surface area contributed by atoms with Gasteiger partial charge in [0, 0.05) is 32.5 Å². The summed E-state index contributed by atoms with van der Waals surface area (Å²) in [5.41, 5.74) is 12.3. The third-order valence-corrected chi connectivity index (χ3v) is 11.8. The van der Waals surface area contributed by atoms with Gasteiger partial charge in [-0.2, -0.15) is 0 Å². The second-order valence-electron chi connectivity index (χ2n) is 17.6. The number of hydrogen-bond acceptors (Lipinski definition) is 2. The molecule has 0 unspecified atom stereocenters. The molecule has 3 heteroatoms. The van der Waals surface area contributed by atoms with E-state index in [1.165, 1.54) is 76.5 Å². The van der Waals surface area contributed by atoms with E-state index in [-0.39, 0.29) is 30.9 Å². The van der Waals surface area contributed by atoms with Crippen molar-refractivity contribution >= 4 is 43.1 Å². The number of aromatic nitrogens is 2. The van der Waals surface area contributed by atoms with Gasteiger partial charge in [-0.05, 0) is 101 Å². The first-order valence-electron chi connectivity index (χ1n) is 20.2. The maximum atomic E-state index is 4.88. The summed E-state index contributed by atoms with van der Waals surface area (Å²) < 4.78 is 0. The summed E-state index contributed by atoms with van der Waals surface area (Å²) in [5.74, 6) is 0.642. The van der Waals surface area contributed by atoms with Crippen molar-refractivity contribution in [3.8, 4) is 33.6 Å². The van der Waals surface area contributed by atoms with Gasteiger partial charge in [0.05, 0.1) is 0 Å². The summed E-state index contributed by atoms with van der Waals surface area (Å²) in [4.78, 5) is 9.45. The largest absolute Gasteiger partial charge is 0.304 e. The summed E-state index contributed by atoms with van der Waals surface area (Å²) in [6.45, 7) is 15.9. The van der Waals surface area contributed by atoms with Crippen molar-refractivity contribution in [3.63, 3.8) is 0 Å². The van der Waals surface area contributed by atoms with Crippen LogP contribution in [0.2, 0.25) is 0 Å². The van der Waals surface area contributed by atoms with Gasteiger partial charge >= 0.3 is 0 Å². The van der Waals surface area contributed by atoms with Gasteiger partial charge in [-0.25, -0.2) is 0 Å². The molecule has 7 aromatic carbocycles. The molecule has 0 bridgehead atoms. The van der Waals surface area contributed by atoms with Crippen LogP contribution in [0.1, 0.15) is 70.7 Å². The molecule has 2 heterocycles. The topological polar surface area (TPSA) is 25.8 Å². The Kier molecular flexibility index (Phi) is 10.4.